The summed E-state index contributed by atoms with van der Waals surface area (Å²) in [5.41, 5.74) is 1.22. The van der Waals surface area contributed by atoms with Gasteiger partial charge in [-0.3, -0.25) is 19.2 Å². The van der Waals surface area contributed by atoms with Gasteiger partial charge in [-0.15, -0.1) is 0 Å². The SMILES string of the molecule is CC(C)[C@H](NC(=O)[C@H](C)NC(=O)[C@@H](NC(=O)[C@H](CCC(=O)O)NCCCCc1ccc2ccc3cccc4ccc1c2c34)[C@@H](C)O)C(=O)O. The number of nitrogens with one attached hydrogen (secondary N) is 4. The van der Waals surface area contributed by atoms with Gasteiger partial charge in [0.15, 0.2) is 0 Å². The predicted octanol–water partition coefficient (Wildman–Crippen LogP) is 3.33. The Kier molecular flexibility index (Phi) is 12.5. The summed E-state index contributed by atoms with van der Waals surface area (Å²) in [6.45, 7) is 6.32. The number of carboxylic acids is 2. The lowest BCUT2D eigenvalue weighted by molar-refractivity contribution is -0.143. The molecule has 0 bridgehead atoms. The summed E-state index contributed by atoms with van der Waals surface area (Å²) < 4.78 is 0. The van der Waals surface area contributed by atoms with Gasteiger partial charge in [-0.1, -0.05) is 68.4 Å². The van der Waals surface area contributed by atoms with Gasteiger partial charge in [0.1, 0.15) is 18.1 Å². The maximum atomic E-state index is 13.3. The molecule has 0 aliphatic rings. The van der Waals surface area contributed by atoms with Crippen LogP contribution in [0.15, 0.2) is 54.6 Å². The number of aliphatic hydroxyl groups excluding tert-OH is 1. The van der Waals surface area contributed by atoms with E-state index in [0.29, 0.717) is 13.0 Å². The summed E-state index contributed by atoms with van der Waals surface area (Å²) in [7, 11) is 0. The molecule has 4 aromatic rings. The quantitative estimate of drug-likeness (QED) is 0.0612. The molecule has 0 aliphatic carbocycles. The van der Waals surface area contributed by atoms with Gasteiger partial charge in [-0.2, -0.15) is 0 Å². The van der Waals surface area contributed by atoms with Crippen LogP contribution >= 0.6 is 0 Å². The summed E-state index contributed by atoms with van der Waals surface area (Å²) in [6.07, 6.45) is 0.614. The van der Waals surface area contributed by atoms with Crippen LogP contribution in [0.5, 0.6) is 0 Å². The second-order valence-corrected chi connectivity index (χ2v) is 13.0. The Bertz CT molecular complexity index is 1790. The van der Waals surface area contributed by atoms with Gasteiger partial charge in [-0.25, -0.2) is 4.79 Å². The van der Waals surface area contributed by atoms with E-state index in [1.54, 1.807) is 13.8 Å². The van der Waals surface area contributed by atoms with Gasteiger partial charge in [0.2, 0.25) is 17.7 Å². The second kappa shape index (κ2) is 16.5. The minimum Gasteiger partial charge on any atom is -0.481 e. The van der Waals surface area contributed by atoms with Crippen LogP contribution in [0.25, 0.3) is 32.3 Å². The van der Waals surface area contributed by atoms with Crippen LogP contribution in [0, 0.1) is 5.92 Å². The highest BCUT2D eigenvalue weighted by atomic mass is 16.4. The lowest BCUT2D eigenvalue weighted by Crippen LogP contribution is -2.59. The predicted molar refractivity (Wildman–Crippen MR) is 187 cm³/mol. The van der Waals surface area contributed by atoms with E-state index in [2.05, 4.69) is 75.9 Å². The molecular formula is C37H46N4O8. The standard InChI is InChI=1S/C37H46N4O8/c1-20(2)32(37(48)49)40-34(45)21(3)39-36(47)33(22(4)42)41-35(46)28(17-18-29(43)44)38-19-6-5-8-23-11-12-26-14-13-24-9-7-10-25-15-16-27(23)31(26)30(24)25/h7,9-16,20-22,28,32-33,38,42H,5-6,8,17-19H2,1-4H3,(H,39,47)(H,40,45)(H,41,46)(H,43,44)(H,48,49)/t21-,22+,28-,32-,33-/m0/s1. The number of rotatable bonds is 18. The zero-order chi connectivity index (χ0) is 35.8. The molecule has 0 fully saturated rings. The molecule has 7 N–H and O–H groups in total. The largest absolute Gasteiger partial charge is 0.481 e. The molecule has 4 aromatic carbocycles. The van der Waals surface area contributed by atoms with E-state index in [0.717, 1.165) is 12.8 Å². The lowest BCUT2D eigenvalue weighted by atomic mass is 9.90. The van der Waals surface area contributed by atoms with E-state index in [-0.39, 0.29) is 12.8 Å². The van der Waals surface area contributed by atoms with Gasteiger partial charge in [0.25, 0.3) is 0 Å². The van der Waals surface area contributed by atoms with Crippen LogP contribution in [0.4, 0.5) is 0 Å². The maximum absolute atomic E-state index is 13.3. The number of carboxylic acid groups (broad SMARTS) is 2. The zero-order valence-electron chi connectivity index (χ0n) is 28.3. The van der Waals surface area contributed by atoms with Crippen molar-refractivity contribution in [1.82, 2.24) is 21.3 Å². The number of hydrogen-bond donors (Lipinski definition) is 7. The number of carbonyl (C=O) groups excluding carboxylic acids is 3. The molecule has 5 atom stereocenters. The first-order valence-electron chi connectivity index (χ1n) is 16.7. The summed E-state index contributed by atoms with van der Waals surface area (Å²) in [4.78, 5) is 61.7. The number of aryl methyl sites for hydroxylation is 1. The van der Waals surface area contributed by atoms with Gasteiger partial charge in [0, 0.05) is 6.42 Å². The van der Waals surface area contributed by atoms with Crippen LogP contribution < -0.4 is 21.3 Å². The monoisotopic (exact) mass is 674 g/mol. The minimum absolute atomic E-state index is 0.0467. The fourth-order valence-corrected chi connectivity index (χ4v) is 6.14. The highest BCUT2D eigenvalue weighted by Crippen LogP contribution is 2.36. The van der Waals surface area contributed by atoms with Crippen LogP contribution in [-0.4, -0.2) is 81.8 Å². The molecule has 0 aliphatic heterocycles. The smallest absolute Gasteiger partial charge is 0.326 e. The normalized spacial score (nSPS) is 14.7. The van der Waals surface area contributed by atoms with Gasteiger partial charge in [-0.05, 0) is 89.9 Å². The first-order chi connectivity index (χ1) is 23.3. The van der Waals surface area contributed by atoms with Crippen molar-refractivity contribution in [3.63, 3.8) is 0 Å². The molecule has 3 amide bonds. The van der Waals surface area contributed by atoms with Crippen molar-refractivity contribution in [2.45, 2.75) is 90.1 Å². The molecule has 12 heteroatoms. The van der Waals surface area contributed by atoms with Crippen LogP contribution in [0.2, 0.25) is 0 Å². The van der Waals surface area contributed by atoms with Crippen LogP contribution in [0.3, 0.4) is 0 Å². The van der Waals surface area contributed by atoms with Crippen molar-refractivity contribution < 1.29 is 39.3 Å². The highest BCUT2D eigenvalue weighted by molar-refractivity contribution is 6.23. The molecule has 0 spiro atoms. The van der Waals surface area contributed by atoms with E-state index in [1.165, 1.54) is 51.7 Å². The minimum atomic E-state index is -1.45. The maximum Gasteiger partial charge on any atom is 0.326 e. The number of hydrogen-bond acceptors (Lipinski definition) is 7. The van der Waals surface area contributed by atoms with Gasteiger partial charge < -0.3 is 36.6 Å². The van der Waals surface area contributed by atoms with Gasteiger partial charge in [0.05, 0.1) is 12.1 Å². The molecule has 12 nitrogen and oxygen atoms in total. The Morgan fingerprint density at radius 2 is 1.31 bits per heavy atom. The average molecular weight is 675 g/mol. The fourth-order valence-electron chi connectivity index (χ4n) is 6.14. The summed E-state index contributed by atoms with van der Waals surface area (Å²) in [5, 5.41) is 46.7. The van der Waals surface area contributed by atoms with Crippen molar-refractivity contribution >= 4 is 62.0 Å². The molecule has 4 rings (SSSR count). The molecule has 0 saturated heterocycles. The summed E-state index contributed by atoms with van der Waals surface area (Å²) in [5.74, 6) is -4.97. The molecule has 0 aromatic heterocycles. The third-order valence-electron chi connectivity index (χ3n) is 8.89. The van der Waals surface area contributed by atoms with Crippen molar-refractivity contribution in [2.24, 2.45) is 5.92 Å². The molecule has 0 heterocycles. The van der Waals surface area contributed by atoms with E-state index in [9.17, 15) is 39.3 Å². The first kappa shape index (κ1) is 37.0. The van der Waals surface area contributed by atoms with E-state index in [4.69, 9.17) is 0 Å². The Labute approximate surface area is 285 Å². The summed E-state index contributed by atoms with van der Waals surface area (Å²) >= 11 is 0. The van der Waals surface area contributed by atoms with Crippen LogP contribution in [0.1, 0.15) is 58.9 Å². The van der Waals surface area contributed by atoms with Crippen molar-refractivity contribution in [2.75, 3.05) is 6.54 Å². The second-order valence-electron chi connectivity index (χ2n) is 13.0. The van der Waals surface area contributed by atoms with Crippen molar-refractivity contribution in [3.8, 4) is 0 Å². The van der Waals surface area contributed by atoms with Crippen LogP contribution in [-0.2, 0) is 30.4 Å². The lowest BCUT2D eigenvalue weighted by Gasteiger charge is -2.26. The van der Waals surface area contributed by atoms with E-state index < -0.39 is 65.8 Å². The topological polar surface area (TPSA) is 194 Å². The number of amides is 3. The molecule has 0 radical (unpaired) electrons. The van der Waals surface area contributed by atoms with E-state index in [1.807, 2.05) is 0 Å². The van der Waals surface area contributed by atoms with Crippen molar-refractivity contribution in [3.05, 3.63) is 60.2 Å². The molecular weight excluding hydrogens is 628 g/mol. The highest BCUT2D eigenvalue weighted by Gasteiger charge is 2.32. The summed E-state index contributed by atoms with van der Waals surface area (Å²) in [6, 6.07) is 14.5. The Morgan fingerprint density at radius 3 is 1.92 bits per heavy atom. The molecule has 0 saturated carbocycles. The first-order valence-corrected chi connectivity index (χ1v) is 16.7. The fraction of sp³-hybridized carbons (Fsp3) is 0.432. The molecule has 262 valence electrons. The average Bonchev–Trinajstić information content (AvgIpc) is 3.05. The molecule has 0 unspecified atom stereocenters. The number of unbranched alkanes of at least 4 members (excludes halogenated alkanes) is 1. The zero-order valence-corrected chi connectivity index (χ0v) is 28.3. The Hall–Kier alpha value is -4.81. The third kappa shape index (κ3) is 9.21. The third-order valence-corrected chi connectivity index (χ3v) is 8.89. The number of benzene rings is 4. The number of carbonyl (C=O) groups is 5. The Balaban J connectivity index is 1.35. The van der Waals surface area contributed by atoms with Gasteiger partial charge >= 0.3 is 11.9 Å². The van der Waals surface area contributed by atoms with Crippen molar-refractivity contribution in [1.29, 1.82) is 0 Å². The number of aliphatic hydroxyl groups is 1. The van der Waals surface area contributed by atoms with E-state index >= 15 is 0 Å². The Morgan fingerprint density at radius 1 is 0.694 bits per heavy atom. The molecule has 49 heavy (non-hydrogen) atoms. The number of aliphatic carboxylic acids is 2.